The molecule has 0 aliphatic carbocycles. The third-order valence-electron chi connectivity index (χ3n) is 2.78. The molecule has 1 N–H and O–H groups in total. The molecule has 0 radical (unpaired) electrons. The molecule has 0 bridgehead atoms. The number of nitrogens with zero attached hydrogens (tertiary/aromatic N) is 1. The summed E-state index contributed by atoms with van der Waals surface area (Å²) in [6, 6.07) is 12.5. The molecule has 90 valence electrons. The highest BCUT2D eigenvalue weighted by Gasteiger charge is 2.08. The second kappa shape index (κ2) is 4.89. The number of hydrogen-bond donors (Lipinski definition) is 1. The summed E-state index contributed by atoms with van der Waals surface area (Å²) in [4.78, 5) is 0. The van der Waals surface area contributed by atoms with Crippen LogP contribution >= 0.6 is 0 Å². The van der Waals surface area contributed by atoms with Crippen LogP contribution in [-0.4, -0.2) is 0 Å². The van der Waals surface area contributed by atoms with E-state index in [1.54, 1.807) is 12.1 Å². The Labute approximate surface area is 106 Å². The van der Waals surface area contributed by atoms with E-state index in [0.29, 0.717) is 16.9 Å². The topological polar surface area (TPSA) is 35.8 Å². The lowest BCUT2D eigenvalue weighted by molar-refractivity contribution is 0.630. The number of nitriles is 1. The van der Waals surface area contributed by atoms with Gasteiger partial charge < -0.3 is 5.32 Å². The van der Waals surface area contributed by atoms with E-state index in [-0.39, 0.29) is 5.82 Å². The zero-order chi connectivity index (χ0) is 13.1. The Bertz CT molecular complexity index is 627. The van der Waals surface area contributed by atoms with Crippen LogP contribution in [0.15, 0.2) is 36.4 Å². The average molecular weight is 240 g/mol. The van der Waals surface area contributed by atoms with Crippen molar-refractivity contribution in [2.24, 2.45) is 0 Å². The summed E-state index contributed by atoms with van der Waals surface area (Å²) in [5.74, 6) is -0.317. The number of para-hydroxylation sites is 1. The van der Waals surface area contributed by atoms with Crippen molar-refractivity contribution in [3.63, 3.8) is 0 Å². The molecule has 2 rings (SSSR count). The third kappa shape index (κ3) is 2.33. The van der Waals surface area contributed by atoms with Gasteiger partial charge in [-0.25, -0.2) is 4.39 Å². The van der Waals surface area contributed by atoms with Gasteiger partial charge >= 0.3 is 0 Å². The first kappa shape index (κ1) is 12.1. The van der Waals surface area contributed by atoms with Crippen LogP contribution in [0.5, 0.6) is 0 Å². The SMILES string of the molecule is Cc1ccc(Nc2c(C)cccc2C#N)c(F)c1. The molecule has 0 aliphatic rings. The van der Waals surface area contributed by atoms with Gasteiger partial charge in [0.25, 0.3) is 0 Å². The second-order valence-electron chi connectivity index (χ2n) is 4.22. The standard InChI is InChI=1S/C15H13FN2/c1-10-6-7-14(13(16)8-10)18-15-11(2)4-3-5-12(15)9-17/h3-8,18H,1-2H3. The molecule has 2 aromatic carbocycles. The van der Waals surface area contributed by atoms with E-state index in [1.165, 1.54) is 6.07 Å². The number of nitrogens with one attached hydrogen (secondary N) is 1. The van der Waals surface area contributed by atoms with E-state index in [1.807, 2.05) is 32.0 Å². The first-order chi connectivity index (χ1) is 8.61. The second-order valence-corrected chi connectivity index (χ2v) is 4.22. The van der Waals surface area contributed by atoms with Crippen molar-refractivity contribution >= 4 is 11.4 Å². The maximum Gasteiger partial charge on any atom is 0.146 e. The van der Waals surface area contributed by atoms with Crippen molar-refractivity contribution in [2.45, 2.75) is 13.8 Å². The van der Waals surface area contributed by atoms with Crippen LogP contribution in [0, 0.1) is 31.0 Å². The van der Waals surface area contributed by atoms with Crippen LogP contribution in [0.1, 0.15) is 16.7 Å². The van der Waals surface area contributed by atoms with E-state index in [4.69, 9.17) is 5.26 Å². The maximum atomic E-state index is 13.8. The van der Waals surface area contributed by atoms with Crippen LogP contribution in [0.2, 0.25) is 0 Å². The molecule has 2 nitrogen and oxygen atoms in total. The highest BCUT2D eigenvalue weighted by atomic mass is 19.1. The fourth-order valence-corrected chi connectivity index (χ4v) is 1.78. The van der Waals surface area contributed by atoms with E-state index >= 15 is 0 Å². The van der Waals surface area contributed by atoms with Gasteiger partial charge in [-0.15, -0.1) is 0 Å². The number of anilines is 2. The lowest BCUT2D eigenvalue weighted by Gasteiger charge is -2.12. The predicted octanol–water partition coefficient (Wildman–Crippen LogP) is 4.06. The number of benzene rings is 2. The molecule has 0 spiro atoms. The Morgan fingerprint density at radius 1 is 1.17 bits per heavy atom. The van der Waals surface area contributed by atoms with Crippen molar-refractivity contribution in [3.05, 3.63) is 58.9 Å². The maximum absolute atomic E-state index is 13.8. The predicted molar refractivity (Wildman–Crippen MR) is 70.3 cm³/mol. The first-order valence-corrected chi connectivity index (χ1v) is 5.64. The molecule has 0 heterocycles. The van der Waals surface area contributed by atoms with E-state index in [9.17, 15) is 4.39 Å². The molecule has 0 aromatic heterocycles. The fourth-order valence-electron chi connectivity index (χ4n) is 1.78. The summed E-state index contributed by atoms with van der Waals surface area (Å²) in [5.41, 5.74) is 3.32. The van der Waals surface area contributed by atoms with Gasteiger partial charge in [0.1, 0.15) is 11.9 Å². The van der Waals surface area contributed by atoms with Crippen molar-refractivity contribution in [3.8, 4) is 6.07 Å². The smallest absolute Gasteiger partial charge is 0.146 e. The Balaban J connectivity index is 2.43. The minimum Gasteiger partial charge on any atom is -0.352 e. The molecule has 0 amide bonds. The van der Waals surface area contributed by atoms with Gasteiger partial charge in [0.15, 0.2) is 0 Å². The molecule has 0 saturated carbocycles. The Morgan fingerprint density at radius 2 is 1.94 bits per heavy atom. The van der Waals surface area contributed by atoms with Crippen LogP contribution in [-0.2, 0) is 0 Å². The zero-order valence-electron chi connectivity index (χ0n) is 10.3. The monoisotopic (exact) mass is 240 g/mol. The van der Waals surface area contributed by atoms with Crippen LogP contribution in [0.4, 0.5) is 15.8 Å². The van der Waals surface area contributed by atoms with Crippen molar-refractivity contribution in [1.82, 2.24) is 0 Å². The van der Waals surface area contributed by atoms with E-state index in [0.717, 1.165) is 11.1 Å². The van der Waals surface area contributed by atoms with Crippen LogP contribution in [0.3, 0.4) is 0 Å². The normalized spacial score (nSPS) is 9.89. The lowest BCUT2D eigenvalue weighted by atomic mass is 10.1. The number of hydrogen-bond acceptors (Lipinski definition) is 2. The minimum atomic E-state index is -0.317. The summed E-state index contributed by atoms with van der Waals surface area (Å²) in [6.07, 6.45) is 0. The zero-order valence-corrected chi connectivity index (χ0v) is 10.3. The van der Waals surface area contributed by atoms with Gasteiger partial charge in [0.2, 0.25) is 0 Å². The average Bonchev–Trinajstić information content (AvgIpc) is 2.34. The van der Waals surface area contributed by atoms with Crippen molar-refractivity contribution in [2.75, 3.05) is 5.32 Å². The van der Waals surface area contributed by atoms with Crippen LogP contribution in [0.25, 0.3) is 0 Å². The van der Waals surface area contributed by atoms with Crippen molar-refractivity contribution < 1.29 is 4.39 Å². The molecule has 0 aliphatic heterocycles. The molecule has 0 fully saturated rings. The fraction of sp³-hybridized carbons (Fsp3) is 0.133. The van der Waals surface area contributed by atoms with Gasteiger partial charge in [-0.05, 0) is 43.2 Å². The van der Waals surface area contributed by atoms with Crippen LogP contribution < -0.4 is 5.32 Å². The summed E-state index contributed by atoms with van der Waals surface area (Å²) in [5, 5.41) is 12.0. The summed E-state index contributed by atoms with van der Waals surface area (Å²) < 4.78 is 13.8. The summed E-state index contributed by atoms with van der Waals surface area (Å²) in [6.45, 7) is 3.72. The Kier molecular flexibility index (Phi) is 3.29. The van der Waals surface area contributed by atoms with Gasteiger partial charge in [-0.2, -0.15) is 5.26 Å². The van der Waals surface area contributed by atoms with Gasteiger partial charge in [0.05, 0.1) is 16.9 Å². The number of aryl methyl sites for hydroxylation is 2. The largest absolute Gasteiger partial charge is 0.352 e. The van der Waals surface area contributed by atoms with Gasteiger partial charge in [-0.3, -0.25) is 0 Å². The molecule has 0 saturated heterocycles. The molecular formula is C15H13FN2. The Morgan fingerprint density at radius 3 is 2.61 bits per heavy atom. The van der Waals surface area contributed by atoms with Gasteiger partial charge in [-0.1, -0.05) is 18.2 Å². The highest BCUT2D eigenvalue weighted by Crippen LogP contribution is 2.26. The molecule has 0 atom stereocenters. The molecule has 2 aromatic rings. The summed E-state index contributed by atoms with van der Waals surface area (Å²) in [7, 11) is 0. The Hall–Kier alpha value is -2.34. The first-order valence-electron chi connectivity index (χ1n) is 5.64. The van der Waals surface area contributed by atoms with Gasteiger partial charge in [0, 0.05) is 0 Å². The molecule has 0 unspecified atom stereocenters. The third-order valence-corrected chi connectivity index (χ3v) is 2.78. The number of rotatable bonds is 2. The van der Waals surface area contributed by atoms with E-state index in [2.05, 4.69) is 11.4 Å². The lowest BCUT2D eigenvalue weighted by Crippen LogP contribution is -1.98. The number of halogens is 1. The van der Waals surface area contributed by atoms with E-state index < -0.39 is 0 Å². The molecule has 3 heteroatoms. The van der Waals surface area contributed by atoms with Crippen molar-refractivity contribution in [1.29, 1.82) is 5.26 Å². The quantitative estimate of drug-likeness (QED) is 0.859. The molecular weight excluding hydrogens is 227 g/mol. The minimum absolute atomic E-state index is 0.317. The highest BCUT2D eigenvalue weighted by molar-refractivity contribution is 5.70. The molecule has 18 heavy (non-hydrogen) atoms. The summed E-state index contributed by atoms with van der Waals surface area (Å²) >= 11 is 0.